The topological polar surface area (TPSA) is 78.3 Å². The number of carbonyl (C=O) groups excluding carboxylic acids is 1. The Morgan fingerprint density at radius 3 is 2.78 bits per heavy atom. The van der Waals surface area contributed by atoms with E-state index in [1.807, 2.05) is 25.1 Å². The van der Waals surface area contributed by atoms with Crippen molar-refractivity contribution in [1.82, 2.24) is 4.98 Å². The molecule has 0 aliphatic rings. The fraction of sp³-hybridized carbons (Fsp3) is 0.231. The van der Waals surface area contributed by atoms with Gasteiger partial charge in [-0.2, -0.15) is 4.98 Å². The van der Waals surface area contributed by atoms with Crippen molar-refractivity contribution in [3.8, 4) is 17.0 Å². The molecule has 0 radical (unpaired) electrons. The number of rotatable bonds is 3. The molecule has 0 aliphatic heterocycles. The molecule has 0 amide bonds. The maximum Gasteiger partial charge on any atom is 0.293 e. The van der Waals surface area contributed by atoms with Gasteiger partial charge in [-0.15, -0.1) is 0 Å². The first-order valence-corrected chi connectivity index (χ1v) is 5.45. The summed E-state index contributed by atoms with van der Waals surface area (Å²) in [4.78, 5) is 15.6. The highest BCUT2D eigenvalue weighted by Crippen LogP contribution is 2.33. The molecule has 94 valence electrons. The second kappa shape index (κ2) is 4.52. The smallest absolute Gasteiger partial charge is 0.293 e. The number of nitrogens with two attached hydrogens (primary N) is 1. The molecule has 0 unspecified atom stereocenters. The van der Waals surface area contributed by atoms with Crippen LogP contribution in [0.25, 0.3) is 11.3 Å². The number of benzene rings is 1. The average molecular weight is 246 g/mol. The van der Waals surface area contributed by atoms with Crippen molar-refractivity contribution >= 4 is 11.8 Å². The number of hydrogen-bond donors (Lipinski definition) is 1. The largest absolute Gasteiger partial charge is 0.496 e. The molecule has 0 spiro atoms. The van der Waals surface area contributed by atoms with Crippen LogP contribution in [0.4, 0.5) is 6.01 Å². The third-order valence-corrected chi connectivity index (χ3v) is 2.57. The first-order valence-electron chi connectivity index (χ1n) is 5.45. The highest BCUT2D eigenvalue weighted by Gasteiger charge is 2.20. The number of carbonyl (C=O) groups is 1. The molecular weight excluding hydrogens is 232 g/mol. The van der Waals surface area contributed by atoms with Gasteiger partial charge in [0.05, 0.1) is 7.11 Å². The number of anilines is 1. The van der Waals surface area contributed by atoms with Crippen LogP contribution in [-0.2, 0) is 0 Å². The van der Waals surface area contributed by atoms with Crippen LogP contribution in [-0.4, -0.2) is 17.9 Å². The zero-order chi connectivity index (χ0) is 13.3. The second-order valence-electron chi connectivity index (χ2n) is 3.99. The molecule has 0 saturated heterocycles. The van der Waals surface area contributed by atoms with Crippen LogP contribution in [0.1, 0.15) is 23.0 Å². The van der Waals surface area contributed by atoms with Crippen molar-refractivity contribution in [3.63, 3.8) is 0 Å². The summed E-state index contributed by atoms with van der Waals surface area (Å²) in [5, 5.41) is 0. The number of Topliss-reactive ketones (excluding diaryl/α,β-unsaturated/α-hetero) is 1. The van der Waals surface area contributed by atoms with Crippen molar-refractivity contribution in [1.29, 1.82) is 0 Å². The lowest BCUT2D eigenvalue weighted by Crippen LogP contribution is -1.95. The summed E-state index contributed by atoms with van der Waals surface area (Å²) in [6.07, 6.45) is 0. The van der Waals surface area contributed by atoms with Crippen LogP contribution in [0.2, 0.25) is 0 Å². The van der Waals surface area contributed by atoms with Crippen LogP contribution < -0.4 is 10.5 Å². The van der Waals surface area contributed by atoms with Gasteiger partial charge in [-0.05, 0) is 19.1 Å². The SMILES string of the molecule is COc1ccc(C)cc1-c1nc(N)oc1C(C)=O. The number of oxazole rings is 1. The third-order valence-electron chi connectivity index (χ3n) is 2.57. The first kappa shape index (κ1) is 12.2. The number of nitrogens with zero attached hydrogens (tertiary/aromatic N) is 1. The van der Waals surface area contributed by atoms with Crippen LogP contribution in [0, 0.1) is 6.92 Å². The van der Waals surface area contributed by atoms with Gasteiger partial charge in [-0.25, -0.2) is 0 Å². The van der Waals surface area contributed by atoms with Crippen LogP contribution in [0.3, 0.4) is 0 Å². The maximum absolute atomic E-state index is 11.5. The normalized spacial score (nSPS) is 10.4. The number of hydrogen-bond acceptors (Lipinski definition) is 5. The highest BCUT2D eigenvalue weighted by atomic mass is 16.5. The molecule has 2 aromatic rings. The molecule has 2 N–H and O–H groups in total. The van der Waals surface area contributed by atoms with Gasteiger partial charge in [0.25, 0.3) is 6.01 Å². The molecule has 1 heterocycles. The third kappa shape index (κ3) is 2.07. The Morgan fingerprint density at radius 1 is 1.44 bits per heavy atom. The van der Waals surface area contributed by atoms with E-state index in [9.17, 15) is 4.79 Å². The van der Waals surface area contributed by atoms with E-state index in [2.05, 4.69) is 4.98 Å². The minimum Gasteiger partial charge on any atom is -0.496 e. The Morgan fingerprint density at radius 2 is 2.17 bits per heavy atom. The molecule has 0 aliphatic carbocycles. The summed E-state index contributed by atoms with van der Waals surface area (Å²) in [7, 11) is 1.56. The van der Waals surface area contributed by atoms with E-state index < -0.39 is 0 Å². The Labute approximate surface area is 105 Å². The van der Waals surface area contributed by atoms with Crippen LogP contribution in [0.5, 0.6) is 5.75 Å². The van der Waals surface area contributed by atoms with Gasteiger partial charge < -0.3 is 14.9 Å². The Bertz CT molecular complexity index is 602. The highest BCUT2D eigenvalue weighted by molar-refractivity contribution is 5.98. The van der Waals surface area contributed by atoms with Crippen molar-refractivity contribution in [2.24, 2.45) is 0 Å². The summed E-state index contributed by atoms with van der Waals surface area (Å²) in [6, 6.07) is 5.58. The number of nitrogen functional groups attached to an aromatic ring is 1. The number of methoxy groups -OCH3 is 1. The number of aryl methyl sites for hydroxylation is 1. The number of aromatic nitrogens is 1. The van der Waals surface area contributed by atoms with Crippen molar-refractivity contribution in [2.45, 2.75) is 13.8 Å². The molecule has 1 aromatic carbocycles. The van der Waals surface area contributed by atoms with E-state index >= 15 is 0 Å². The van der Waals surface area contributed by atoms with Gasteiger partial charge in [0, 0.05) is 12.5 Å². The van der Waals surface area contributed by atoms with E-state index in [1.54, 1.807) is 7.11 Å². The molecule has 2 rings (SSSR count). The molecule has 1 aromatic heterocycles. The molecule has 0 fully saturated rings. The van der Waals surface area contributed by atoms with Crippen LogP contribution in [0.15, 0.2) is 22.6 Å². The fourth-order valence-corrected chi connectivity index (χ4v) is 1.76. The van der Waals surface area contributed by atoms with Gasteiger partial charge in [-0.3, -0.25) is 4.79 Å². The summed E-state index contributed by atoms with van der Waals surface area (Å²) in [5.41, 5.74) is 7.66. The molecule has 5 heteroatoms. The average Bonchev–Trinajstić information content (AvgIpc) is 2.71. The van der Waals surface area contributed by atoms with Crippen molar-refractivity contribution in [2.75, 3.05) is 12.8 Å². The van der Waals surface area contributed by atoms with E-state index in [0.29, 0.717) is 17.0 Å². The van der Waals surface area contributed by atoms with Crippen molar-refractivity contribution < 1.29 is 13.9 Å². The van der Waals surface area contributed by atoms with Gasteiger partial charge in [0.2, 0.25) is 0 Å². The number of ketones is 1. The first-order chi connectivity index (χ1) is 8.52. The summed E-state index contributed by atoms with van der Waals surface area (Å²) in [6.45, 7) is 3.35. The Kier molecular flexibility index (Phi) is 3.06. The zero-order valence-corrected chi connectivity index (χ0v) is 10.5. The zero-order valence-electron chi connectivity index (χ0n) is 10.5. The van der Waals surface area contributed by atoms with Gasteiger partial charge in [-0.1, -0.05) is 11.6 Å². The standard InChI is InChI=1S/C13H14N2O3/c1-7-4-5-10(17-3)9(6-7)11-12(8(2)16)18-13(14)15-11/h4-6H,1-3H3,(H2,14,15). The lowest BCUT2D eigenvalue weighted by molar-refractivity contribution is 0.0989. The van der Waals surface area contributed by atoms with Crippen LogP contribution >= 0.6 is 0 Å². The maximum atomic E-state index is 11.5. The molecular formula is C13H14N2O3. The summed E-state index contributed by atoms with van der Waals surface area (Å²) in [5.74, 6) is 0.547. The Hall–Kier alpha value is -2.30. The van der Waals surface area contributed by atoms with Gasteiger partial charge in [0.15, 0.2) is 11.5 Å². The van der Waals surface area contributed by atoms with E-state index in [0.717, 1.165) is 5.56 Å². The van der Waals surface area contributed by atoms with E-state index in [-0.39, 0.29) is 17.6 Å². The van der Waals surface area contributed by atoms with Crippen molar-refractivity contribution in [3.05, 3.63) is 29.5 Å². The summed E-state index contributed by atoms with van der Waals surface area (Å²) < 4.78 is 10.4. The van der Waals surface area contributed by atoms with Gasteiger partial charge >= 0.3 is 0 Å². The second-order valence-corrected chi connectivity index (χ2v) is 3.99. The molecule has 0 bridgehead atoms. The minimum absolute atomic E-state index is 0.0289. The monoisotopic (exact) mass is 246 g/mol. The van der Waals surface area contributed by atoms with E-state index in [1.165, 1.54) is 6.92 Å². The lowest BCUT2D eigenvalue weighted by atomic mass is 10.1. The fourth-order valence-electron chi connectivity index (χ4n) is 1.76. The molecule has 0 atom stereocenters. The predicted molar refractivity (Wildman–Crippen MR) is 67.6 cm³/mol. The molecule has 5 nitrogen and oxygen atoms in total. The minimum atomic E-state index is -0.224. The van der Waals surface area contributed by atoms with Gasteiger partial charge in [0.1, 0.15) is 11.4 Å². The molecule has 18 heavy (non-hydrogen) atoms. The predicted octanol–water partition coefficient (Wildman–Crippen LogP) is 2.44. The molecule has 0 saturated carbocycles. The quantitative estimate of drug-likeness (QED) is 0.841. The van der Waals surface area contributed by atoms with E-state index in [4.69, 9.17) is 14.9 Å². The Balaban J connectivity index is 2.68. The lowest BCUT2D eigenvalue weighted by Gasteiger charge is -2.07. The number of ether oxygens (including phenoxy) is 1. The summed E-state index contributed by atoms with van der Waals surface area (Å²) >= 11 is 0.